The number of piperidine rings is 1. The molecule has 3 heteroatoms. The number of nitrogens with one attached hydrogen (secondary N) is 1. The molecule has 2 rings (SSSR count). The molecular weight excluding hydrogens is 234 g/mol. The molecule has 1 aliphatic rings. The first-order chi connectivity index (χ1) is 9.09. The van der Waals surface area contributed by atoms with E-state index in [-0.39, 0.29) is 0 Å². The summed E-state index contributed by atoms with van der Waals surface area (Å²) in [5, 5.41) is 3.36. The maximum atomic E-state index is 4.70. The molecule has 0 radical (unpaired) electrons. The highest BCUT2D eigenvalue weighted by molar-refractivity contribution is 5.35. The molecule has 1 N–H and O–H groups in total. The summed E-state index contributed by atoms with van der Waals surface area (Å²) in [4.78, 5) is 7.24. The molecule has 106 valence electrons. The number of anilines is 1. The molecule has 0 amide bonds. The average molecular weight is 261 g/mol. The van der Waals surface area contributed by atoms with Crippen LogP contribution in [0.5, 0.6) is 0 Å². The van der Waals surface area contributed by atoms with Crippen molar-refractivity contribution in [3.8, 4) is 0 Å². The fourth-order valence-electron chi connectivity index (χ4n) is 2.83. The van der Waals surface area contributed by atoms with Gasteiger partial charge in [0.2, 0.25) is 0 Å². The van der Waals surface area contributed by atoms with E-state index in [0.717, 1.165) is 25.3 Å². The van der Waals surface area contributed by atoms with E-state index in [1.54, 1.807) is 0 Å². The minimum atomic E-state index is 0.455. The normalized spacial score (nSPS) is 19.3. The molecule has 1 saturated heterocycles. The van der Waals surface area contributed by atoms with Crippen molar-refractivity contribution in [1.29, 1.82) is 0 Å². The van der Waals surface area contributed by atoms with E-state index in [4.69, 9.17) is 4.98 Å². The summed E-state index contributed by atoms with van der Waals surface area (Å²) in [7, 11) is 0. The Hall–Kier alpha value is -1.09. The zero-order chi connectivity index (χ0) is 13.7. The molecule has 3 nitrogen and oxygen atoms in total. The van der Waals surface area contributed by atoms with Crippen molar-refractivity contribution in [2.45, 2.75) is 46.6 Å². The highest BCUT2D eigenvalue weighted by Gasteiger charge is 2.26. The topological polar surface area (TPSA) is 28.2 Å². The maximum Gasteiger partial charge on any atom is 0.126 e. The highest BCUT2D eigenvalue weighted by Crippen LogP contribution is 2.29. The van der Waals surface area contributed by atoms with Crippen molar-refractivity contribution < 1.29 is 0 Å². The van der Waals surface area contributed by atoms with Crippen LogP contribution < -0.4 is 5.32 Å². The maximum absolute atomic E-state index is 4.70. The van der Waals surface area contributed by atoms with Gasteiger partial charge in [0.25, 0.3) is 0 Å². The van der Waals surface area contributed by atoms with Crippen LogP contribution in [-0.2, 0) is 6.54 Å². The standard InChI is InChI=1S/C16H27N3/c1-4-10-17-15-8-5-7-14(18-15)12-19-11-6-9-16(2,3)13-19/h5,7-8H,4,6,9-13H2,1-3H3,(H,17,18). The SMILES string of the molecule is CCCNc1cccc(CN2CCCC(C)(C)C2)n1. The summed E-state index contributed by atoms with van der Waals surface area (Å²) < 4.78 is 0. The Morgan fingerprint density at radius 3 is 2.95 bits per heavy atom. The zero-order valence-electron chi connectivity index (χ0n) is 12.6. The average Bonchev–Trinajstić information content (AvgIpc) is 2.35. The van der Waals surface area contributed by atoms with Crippen molar-refractivity contribution in [3.63, 3.8) is 0 Å². The Balaban J connectivity index is 1.94. The Kier molecular flexibility index (Phi) is 4.81. The Morgan fingerprint density at radius 2 is 2.21 bits per heavy atom. The van der Waals surface area contributed by atoms with Gasteiger partial charge in [0.15, 0.2) is 0 Å². The van der Waals surface area contributed by atoms with Crippen LogP contribution in [0.25, 0.3) is 0 Å². The number of hydrogen-bond donors (Lipinski definition) is 1. The lowest BCUT2D eigenvalue weighted by atomic mass is 9.84. The van der Waals surface area contributed by atoms with Crippen LogP contribution in [0.3, 0.4) is 0 Å². The molecule has 0 saturated carbocycles. The summed E-state index contributed by atoms with van der Waals surface area (Å²) >= 11 is 0. The molecule has 1 aromatic rings. The Morgan fingerprint density at radius 1 is 1.37 bits per heavy atom. The zero-order valence-corrected chi connectivity index (χ0v) is 12.6. The van der Waals surface area contributed by atoms with E-state index < -0.39 is 0 Å². The van der Waals surface area contributed by atoms with Crippen LogP contribution in [-0.4, -0.2) is 29.5 Å². The van der Waals surface area contributed by atoms with Gasteiger partial charge < -0.3 is 5.32 Å². The fraction of sp³-hybridized carbons (Fsp3) is 0.688. The lowest BCUT2D eigenvalue weighted by Crippen LogP contribution is -2.39. The van der Waals surface area contributed by atoms with Crippen LogP contribution in [0.1, 0.15) is 45.7 Å². The Labute approximate surface area is 117 Å². The van der Waals surface area contributed by atoms with Gasteiger partial charge in [0, 0.05) is 19.6 Å². The van der Waals surface area contributed by atoms with Gasteiger partial charge in [-0.3, -0.25) is 4.90 Å². The minimum Gasteiger partial charge on any atom is -0.370 e. The van der Waals surface area contributed by atoms with Gasteiger partial charge in [-0.05, 0) is 43.4 Å². The van der Waals surface area contributed by atoms with E-state index in [9.17, 15) is 0 Å². The van der Waals surface area contributed by atoms with Gasteiger partial charge in [-0.2, -0.15) is 0 Å². The molecule has 0 bridgehead atoms. The van der Waals surface area contributed by atoms with Crippen LogP contribution in [0.2, 0.25) is 0 Å². The van der Waals surface area contributed by atoms with Gasteiger partial charge in [0.05, 0.1) is 5.69 Å². The number of rotatable bonds is 5. The first kappa shape index (κ1) is 14.3. The number of nitrogens with zero attached hydrogens (tertiary/aromatic N) is 2. The molecule has 2 heterocycles. The number of aromatic nitrogens is 1. The van der Waals surface area contributed by atoms with E-state index >= 15 is 0 Å². The monoisotopic (exact) mass is 261 g/mol. The summed E-state index contributed by atoms with van der Waals surface area (Å²) in [6, 6.07) is 6.30. The van der Waals surface area contributed by atoms with Crippen molar-refractivity contribution in [1.82, 2.24) is 9.88 Å². The van der Waals surface area contributed by atoms with Crippen LogP contribution in [0.15, 0.2) is 18.2 Å². The summed E-state index contributed by atoms with van der Waals surface area (Å²) in [5.41, 5.74) is 1.63. The molecule has 0 spiro atoms. The summed E-state index contributed by atoms with van der Waals surface area (Å²) in [6.45, 7) is 11.3. The quantitative estimate of drug-likeness (QED) is 0.879. The van der Waals surface area contributed by atoms with Crippen molar-refractivity contribution in [3.05, 3.63) is 23.9 Å². The van der Waals surface area contributed by atoms with E-state index in [2.05, 4.69) is 49.2 Å². The largest absolute Gasteiger partial charge is 0.370 e. The molecule has 1 aliphatic heterocycles. The lowest BCUT2D eigenvalue weighted by Gasteiger charge is -2.37. The van der Waals surface area contributed by atoms with Crippen LogP contribution >= 0.6 is 0 Å². The molecule has 19 heavy (non-hydrogen) atoms. The lowest BCUT2D eigenvalue weighted by molar-refractivity contribution is 0.110. The molecule has 0 aromatic carbocycles. The predicted molar refractivity (Wildman–Crippen MR) is 81.3 cm³/mol. The number of likely N-dealkylation sites (tertiary alicyclic amines) is 1. The molecule has 0 unspecified atom stereocenters. The molecule has 0 aliphatic carbocycles. The third-order valence-corrected chi connectivity index (χ3v) is 3.73. The first-order valence-electron chi connectivity index (χ1n) is 7.51. The summed E-state index contributed by atoms with van der Waals surface area (Å²) in [6.07, 6.45) is 3.78. The molecule has 1 fully saturated rings. The van der Waals surface area contributed by atoms with Gasteiger partial charge in [-0.15, -0.1) is 0 Å². The van der Waals surface area contributed by atoms with Crippen LogP contribution in [0.4, 0.5) is 5.82 Å². The second kappa shape index (κ2) is 6.38. The molecular formula is C16H27N3. The molecule has 1 aromatic heterocycles. The van der Waals surface area contributed by atoms with Crippen LogP contribution in [0, 0.1) is 5.41 Å². The third-order valence-electron chi connectivity index (χ3n) is 3.73. The van der Waals surface area contributed by atoms with Gasteiger partial charge >= 0.3 is 0 Å². The van der Waals surface area contributed by atoms with E-state index in [1.807, 2.05) is 0 Å². The summed E-state index contributed by atoms with van der Waals surface area (Å²) in [5.74, 6) is 1.01. The third kappa shape index (κ3) is 4.50. The van der Waals surface area contributed by atoms with E-state index in [1.165, 1.54) is 31.6 Å². The number of hydrogen-bond acceptors (Lipinski definition) is 3. The smallest absolute Gasteiger partial charge is 0.126 e. The van der Waals surface area contributed by atoms with Crippen molar-refractivity contribution >= 4 is 5.82 Å². The van der Waals surface area contributed by atoms with E-state index in [0.29, 0.717) is 5.41 Å². The second-order valence-electron chi connectivity index (χ2n) is 6.42. The second-order valence-corrected chi connectivity index (χ2v) is 6.42. The predicted octanol–water partition coefficient (Wildman–Crippen LogP) is 3.53. The minimum absolute atomic E-state index is 0.455. The van der Waals surface area contributed by atoms with Gasteiger partial charge in [0.1, 0.15) is 5.82 Å². The van der Waals surface area contributed by atoms with Crippen molar-refractivity contribution in [2.75, 3.05) is 25.0 Å². The fourth-order valence-corrected chi connectivity index (χ4v) is 2.83. The first-order valence-corrected chi connectivity index (χ1v) is 7.51. The van der Waals surface area contributed by atoms with Crippen molar-refractivity contribution in [2.24, 2.45) is 5.41 Å². The highest BCUT2D eigenvalue weighted by atomic mass is 15.1. The van der Waals surface area contributed by atoms with Gasteiger partial charge in [-0.25, -0.2) is 4.98 Å². The molecule has 0 atom stereocenters. The number of pyridine rings is 1. The Bertz CT molecular complexity index is 401. The van der Waals surface area contributed by atoms with Gasteiger partial charge in [-0.1, -0.05) is 26.8 Å².